The molecule has 0 aromatic heterocycles. The normalized spacial score (nSPS) is 18.5. The largest absolute Gasteiger partial charge is 0.489 e. The molecule has 0 radical (unpaired) electrons. The van der Waals surface area contributed by atoms with Crippen molar-refractivity contribution >= 4 is 12.1 Å². The number of nitrogens with zero attached hydrogens (tertiary/aromatic N) is 1. The van der Waals surface area contributed by atoms with Crippen molar-refractivity contribution in [3.63, 3.8) is 0 Å². The zero-order valence-corrected chi connectivity index (χ0v) is 14.8. The van der Waals surface area contributed by atoms with Crippen LogP contribution in [-0.2, 0) is 4.74 Å². The van der Waals surface area contributed by atoms with Crippen molar-refractivity contribution in [2.45, 2.75) is 58.8 Å². The molecule has 0 unspecified atom stereocenters. The Morgan fingerprint density at radius 3 is 2.50 bits per heavy atom. The standard InChI is InChI=1S/C18H25NO5/c1-11-6-7-13(10-14(11)16(20)21)23-12(2)15-8-9-19(15)17(22)24-18(3,4)5/h6-7,10,12,15H,8-9H2,1-5H3,(H,20,21)/t12-,15-/m0/s1. The van der Waals surface area contributed by atoms with E-state index in [4.69, 9.17) is 9.47 Å². The molecule has 1 fully saturated rings. The Bertz CT molecular complexity index is 635. The smallest absolute Gasteiger partial charge is 0.410 e. The highest BCUT2D eigenvalue weighted by atomic mass is 16.6. The number of amides is 1. The van der Waals surface area contributed by atoms with Crippen LogP contribution in [0.5, 0.6) is 5.75 Å². The van der Waals surface area contributed by atoms with E-state index in [9.17, 15) is 14.7 Å². The predicted octanol–water partition coefficient (Wildman–Crippen LogP) is 3.47. The Balaban J connectivity index is 2.02. The third kappa shape index (κ3) is 4.19. The molecule has 2 rings (SSSR count). The molecule has 6 nitrogen and oxygen atoms in total. The van der Waals surface area contributed by atoms with Crippen LogP contribution in [0.15, 0.2) is 18.2 Å². The number of hydrogen-bond donors (Lipinski definition) is 1. The zero-order valence-electron chi connectivity index (χ0n) is 14.8. The summed E-state index contributed by atoms with van der Waals surface area (Å²) in [5.41, 5.74) is 0.369. The summed E-state index contributed by atoms with van der Waals surface area (Å²) in [5, 5.41) is 9.19. The van der Waals surface area contributed by atoms with Gasteiger partial charge >= 0.3 is 12.1 Å². The van der Waals surface area contributed by atoms with Crippen molar-refractivity contribution in [2.24, 2.45) is 0 Å². The molecule has 1 aromatic carbocycles. The first-order valence-electron chi connectivity index (χ1n) is 8.08. The fourth-order valence-electron chi connectivity index (χ4n) is 2.64. The molecule has 1 amide bonds. The molecule has 1 aromatic rings. The second kappa shape index (κ2) is 6.71. The van der Waals surface area contributed by atoms with Crippen LogP contribution in [0.2, 0.25) is 0 Å². The van der Waals surface area contributed by atoms with Gasteiger partial charge in [-0.05, 0) is 58.7 Å². The van der Waals surface area contributed by atoms with E-state index in [1.807, 2.05) is 27.7 Å². The van der Waals surface area contributed by atoms with Gasteiger partial charge in [0.2, 0.25) is 0 Å². The number of ether oxygens (including phenoxy) is 2. The summed E-state index contributed by atoms with van der Waals surface area (Å²) in [6, 6.07) is 4.91. The third-order valence-electron chi connectivity index (χ3n) is 4.00. The number of carboxylic acids is 1. The summed E-state index contributed by atoms with van der Waals surface area (Å²) in [6.45, 7) is 9.76. The van der Waals surface area contributed by atoms with Crippen molar-refractivity contribution in [2.75, 3.05) is 6.54 Å². The van der Waals surface area contributed by atoms with Gasteiger partial charge in [0.15, 0.2) is 0 Å². The van der Waals surface area contributed by atoms with Gasteiger partial charge in [-0.15, -0.1) is 0 Å². The van der Waals surface area contributed by atoms with Crippen molar-refractivity contribution in [1.82, 2.24) is 4.90 Å². The lowest BCUT2D eigenvalue weighted by atomic mass is 9.98. The summed E-state index contributed by atoms with van der Waals surface area (Å²) in [4.78, 5) is 25.0. The summed E-state index contributed by atoms with van der Waals surface area (Å²) in [7, 11) is 0. The van der Waals surface area contributed by atoms with Crippen LogP contribution in [-0.4, -0.2) is 46.4 Å². The predicted molar refractivity (Wildman–Crippen MR) is 89.6 cm³/mol. The number of benzene rings is 1. The zero-order chi connectivity index (χ0) is 18.1. The maximum atomic E-state index is 12.2. The number of carbonyl (C=O) groups is 2. The third-order valence-corrected chi connectivity index (χ3v) is 4.00. The van der Waals surface area contributed by atoms with Gasteiger partial charge in [-0.25, -0.2) is 9.59 Å². The average Bonchev–Trinajstić information content (AvgIpc) is 2.36. The molecule has 1 heterocycles. The Hall–Kier alpha value is -2.24. The average molecular weight is 335 g/mol. The summed E-state index contributed by atoms with van der Waals surface area (Å²) < 4.78 is 11.3. The summed E-state index contributed by atoms with van der Waals surface area (Å²) in [5.74, 6) is -0.494. The Morgan fingerprint density at radius 1 is 1.33 bits per heavy atom. The first-order chi connectivity index (χ1) is 11.1. The summed E-state index contributed by atoms with van der Waals surface area (Å²) in [6.07, 6.45) is 0.234. The highest BCUT2D eigenvalue weighted by Gasteiger charge is 2.39. The van der Waals surface area contributed by atoms with E-state index < -0.39 is 11.6 Å². The van der Waals surface area contributed by atoms with E-state index in [0.29, 0.717) is 17.9 Å². The van der Waals surface area contributed by atoms with Gasteiger partial charge in [-0.1, -0.05) is 6.07 Å². The van der Waals surface area contributed by atoms with E-state index in [1.165, 1.54) is 6.07 Å². The lowest BCUT2D eigenvalue weighted by molar-refractivity contribution is -0.0300. The van der Waals surface area contributed by atoms with Crippen molar-refractivity contribution < 1.29 is 24.2 Å². The molecule has 0 bridgehead atoms. The minimum atomic E-state index is -0.982. The molecule has 0 spiro atoms. The fraction of sp³-hybridized carbons (Fsp3) is 0.556. The lowest BCUT2D eigenvalue weighted by Gasteiger charge is -2.44. The van der Waals surface area contributed by atoms with Gasteiger partial charge < -0.3 is 19.5 Å². The first-order valence-corrected chi connectivity index (χ1v) is 8.08. The topological polar surface area (TPSA) is 76.1 Å². The maximum absolute atomic E-state index is 12.2. The minimum absolute atomic E-state index is 0.0746. The highest BCUT2D eigenvalue weighted by Crippen LogP contribution is 2.27. The quantitative estimate of drug-likeness (QED) is 0.912. The van der Waals surface area contributed by atoms with Gasteiger partial charge in [0.1, 0.15) is 17.5 Å². The van der Waals surface area contributed by atoms with Gasteiger partial charge in [0.25, 0.3) is 0 Å². The molecule has 2 atom stereocenters. The van der Waals surface area contributed by atoms with Crippen LogP contribution in [0.25, 0.3) is 0 Å². The highest BCUT2D eigenvalue weighted by molar-refractivity contribution is 5.89. The maximum Gasteiger partial charge on any atom is 0.410 e. The van der Waals surface area contributed by atoms with Crippen LogP contribution < -0.4 is 4.74 Å². The van der Waals surface area contributed by atoms with E-state index in [2.05, 4.69) is 0 Å². The molecule has 24 heavy (non-hydrogen) atoms. The lowest BCUT2D eigenvalue weighted by Crippen LogP contribution is -2.58. The second-order valence-corrected chi connectivity index (χ2v) is 7.13. The fourth-order valence-corrected chi connectivity index (χ4v) is 2.64. The van der Waals surface area contributed by atoms with Crippen molar-refractivity contribution in [1.29, 1.82) is 0 Å². The van der Waals surface area contributed by atoms with E-state index >= 15 is 0 Å². The number of aryl methyl sites for hydroxylation is 1. The van der Waals surface area contributed by atoms with Crippen LogP contribution in [0.4, 0.5) is 4.79 Å². The molecule has 1 aliphatic rings. The molecule has 1 N–H and O–H groups in total. The Kier molecular flexibility index (Phi) is 5.06. The molecule has 0 saturated carbocycles. The Labute approximate surface area is 142 Å². The van der Waals surface area contributed by atoms with E-state index in [1.54, 1.807) is 24.0 Å². The molecule has 132 valence electrons. The SMILES string of the molecule is Cc1ccc(O[C@@H](C)[C@@H]2CCN2C(=O)OC(C)(C)C)cc1C(=O)O. The van der Waals surface area contributed by atoms with Crippen molar-refractivity contribution in [3.8, 4) is 5.75 Å². The van der Waals surface area contributed by atoms with Crippen LogP contribution >= 0.6 is 0 Å². The Morgan fingerprint density at radius 2 is 2.00 bits per heavy atom. The number of rotatable bonds is 4. The molecule has 6 heteroatoms. The number of hydrogen-bond acceptors (Lipinski definition) is 4. The monoisotopic (exact) mass is 335 g/mol. The van der Waals surface area contributed by atoms with Gasteiger partial charge in [-0.2, -0.15) is 0 Å². The number of aromatic carboxylic acids is 1. The molecule has 1 saturated heterocycles. The van der Waals surface area contributed by atoms with Gasteiger partial charge in [0.05, 0.1) is 11.6 Å². The van der Waals surface area contributed by atoms with Crippen LogP contribution in [0.3, 0.4) is 0 Å². The van der Waals surface area contributed by atoms with Gasteiger partial charge in [-0.3, -0.25) is 0 Å². The second-order valence-electron chi connectivity index (χ2n) is 7.13. The summed E-state index contributed by atoms with van der Waals surface area (Å²) >= 11 is 0. The van der Waals surface area contributed by atoms with E-state index in [-0.39, 0.29) is 23.8 Å². The molecular weight excluding hydrogens is 310 g/mol. The molecule has 0 aliphatic carbocycles. The number of carbonyl (C=O) groups excluding carboxylic acids is 1. The van der Waals surface area contributed by atoms with Crippen molar-refractivity contribution in [3.05, 3.63) is 29.3 Å². The first kappa shape index (κ1) is 18.1. The van der Waals surface area contributed by atoms with Crippen LogP contribution in [0, 0.1) is 6.92 Å². The number of carboxylic acid groups (broad SMARTS) is 1. The number of likely N-dealkylation sites (tertiary alicyclic amines) is 1. The molecular formula is C18H25NO5. The molecule has 1 aliphatic heterocycles. The van der Waals surface area contributed by atoms with E-state index in [0.717, 1.165) is 6.42 Å². The van der Waals surface area contributed by atoms with Crippen LogP contribution in [0.1, 0.15) is 50.0 Å². The van der Waals surface area contributed by atoms with Gasteiger partial charge in [0, 0.05) is 6.54 Å². The minimum Gasteiger partial charge on any atom is -0.489 e.